The highest BCUT2D eigenvalue weighted by Gasteiger charge is 2.36. The maximum atomic E-state index is 12.9. The number of ether oxygens (including phenoxy) is 1. The summed E-state index contributed by atoms with van der Waals surface area (Å²) >= 11 is 0. The van der Waals surface area contributed by atoms with Crippen molar-refractivity contribution >= 4 is 15.8 Å². The minimum absolute atomic E-state index is 0.358. The van der Waals surface area contributed by atoms with Crippen molar-refractivity contribution in [2.24, 2.45) is 0 Å². The smallest absolute Gasteiger partial charge is 0.218 e. The van der Waals surface area contributed by atoms with E-state index in [1.807, 2.05) is 6.07 Å². The number of piperidine rings is 1. The van der Waals surface area contributed by atoms with E-state index in [4.69, 9.17) is 4.74 Å². The van der Waals surface area contributed by atoms with Crippen LogP contribution in [0.2, 0.25) is 0 Å². The van der Waals surface area contributed by atoms with E-state index in [0.29, 0.717) is 38.8 Å². The van der Waals surface area contributed by atoms with Gasteiger partial charge in [-0.3, -0.25) is 0 Å². The zero-order valence-corrected chi connectivity index (χ0v) is 14.6. The van der Waals surface area contributed by atoms with Gasteiger partial charge in [-0.15, -0.1) is 0 Å². The fraction of sp³-hybridized carbons (Fsp3) is 0.750. The molecule has 1 atom stereocenters. The van der Waals surface area contributed by atoms with Gasteiger partial charge in [0.15, 0.2) is 0 Å². The summed E-state index contributed by atoms with van der Waals surface area (Å²) in [6.45, 7) is 3.30. The van der Waals surface area contributed by atoms with Crippen LogP contribution in [0.25, 0.3) is 0 Å². The van der Waals surface area contributed by atoms with Crippen LogP contribution in [0.1, 0.15) is 37.4 Å². The van der Waals surface area contributed by atoms with Crippen LogP contribution in [0.15, 0.2) is 12.3 Å². The number of nitrogens with zero attached hydrogens (tertiary/aromatic N) is 4. The van der Waals surface area contributed by atoms with Gasteiger partial charge in [0.1, 0.15) is 11.6 Å². The highest BCUT2D eigenvalue weighted by molar-refractivity contribution is 7.89. The number of hydrogen-bond donors (Lipinski definition) is 0. The zero-order chi connectivity index (χ0) is 16.6. The lowest BCUT2D eigenvalue weighted by atomic mass is 10.1. The molecule has 0 spiro atoms. The van der Waals surface area contributed by atoms with Crippen LogP contribution in [0.5, 0.6) is 0 Å². The Balaban J connectivity index is 1.50. The Morgan fingerprint density at radius 1 is 1.12 bits per heavy atom. The standard InChI is InChI=1S/C16H24N4O3S/c21-24(22,20-8-10-23-11-9-20)14-2-1-7-19(12-14)15-5-6-17-16(18-15)13-3-4-13/h5-6,13-14H,1-4,7-12H2. The Morgan fingerprint density at radius 3 is 2.67 bits per heavy atom. The van der Waals surface area contributed by atoms with Crippen LogP contribution < -0.4 is 4.90 Å². The molecular weight excluding hydrogens is 328 g/mol. The van der Waals surface area contributed by atoms with E-state index in [-0.39, 0.29) is 5.25 Å². The van der Waals surface area contributed by atoms with Crippen molar-refractivity contribution in [1.29, 1.82) is 0 Å². The lowest BCUT2D eigenvalue weighted by molar-refractivity contribution is 0.0725. The average Bonchev–Trinajstić information content (AvgIpc) is 3.48. The normalized spacial score (nSPS) is 26.5. The van der Waals surface area contributed by atoms with Gasteiger partial charge in [0.2, 0.25) is 10.0 Å². The van der Waals surface area contributed by atoms with Crippen molar-refractivity contribution in [1.82, 2.24) is 14.3 Å². The van der Waals surface area contributed by atoms with E-state index in [1.165, 1.54) is 0 Å². The van der Waals surface area contributed by atoms with Gasteiger partial charge in [-0.2, -0.15) is 4.31 Å². The first-order valence-electron chi connectivity index (χ1n) is 8.79. The summed E-state index contributed by atoms with van der Waals surface area (Å²) < 4.78 is 32.7. The van der Waals surface area contributed by atoms with Crippen LogP contribution in [0, 0.1) is 0 Å². The fourth-order valence-corrected chi connectivity index (χ4v) is 5.39. The van der Waals surface area contributed by atoms with Crippen LogP contribution in [-0.4, -0.2) is 67.3 Å². The Morgan fingerprint density at radius 2 is 1.92 bits per heavy atom. The Labute approximate surface area is 143 Å². The molecule has 4 rings (SSSR count). The molecule has 3 heterocycles. The largest absolute Gasteiger partial charge is 0.379 e. The lowest BCUT2D eigenvalue weighted by Crippen LogP contribution is -2.51. The molecule has 0 aromatic carbocycles. The highest BCUT2D eigenvalue weighted by atomic mass is 32.2. The van der Waals surface area contributed by atoms with Gasteiger partial charge in [0.25, 0.3) is 0 Å². The lowest BCUT2D eigenvalue weighted by Gasteiger charge is -2.36. The Bertz CT molecular complexity index is 686. The molecule has 1 unspecified atom stereocenters. The van der Waals surface area contributed by atoms with E-state index >= 15 is 0 Å². The van der Waals surface area contributed by atoms with E-state index in [9.17, 15) is 8.42 Å². The molecule has 3 aliphatic rings. The number of morpholine rings is 1. The molecule has 1 aliphatic carbocycles. The number of aromatic nitrogens is 2. The van der Waals surface area contributed by atoms with Gasteiger partial charge in [0, 0.05) is 38.3 Å². The summed E-state index contributed by atoms with van der Waals surface area (Å²) in [7, 11) is -3.27. The van der Waals surface area contributed by atoms with Crippen LogP contribution in [0.3, 0.4) is 0 Å². The monoisotopic (exact) mass is 352 g/mol. The van der Waals surface area contributed by atoms with Gasteiger partial charge in [-0.1, -0.05) is 0 Å². The molecule has 132 valence electrons. The van der Waals surface area contributed by atoms with Gasteiger partial charge < -0.3 is 9.64 Å². The molecule has 0 radical (unpaired) electrons. The minimum Gasteiger partial charge on any atom is -0.379 e. The van der Waals surface area contributed by atoms with E-state index in [1.54, 1.807) is 10.5 Å². The maximum absolute atomic E-state index is 12.9. The molecule has 8 heteroatoms. The first-order valence-corrected chi connectivity index (χ1v) is 10.3. The van der Waals surface area contributed by atoms with Crippen molar-refractivity contribution in [2.45, 2.75) is 36.9 Å². The molecule has 0 N–H and O–H groups in total. The SMILES string of the molecule is O=S(=O)(C1CCCN(c2ccnc(C3CC3)n2)C1)N1CCOCC1. The van der Waals surface area contributed by atoms with Crippen LogP contribution >= 0.6 is 0 Å². The molecule has 0 amide bonds. The molecule has 3 fully saturated rings. The summed E-state index contributed by atoms with van der Waals surface area (Å²) in [4.78, 5) is 11.1. The quantitative estimate of drug-likeness (QED) is 0.804. The van der Waals surface area contributed by atoms with E-state index in [0.717, 1.165) is 43.9 Å². The minimum atomic E-state index is -3.27. The second-order valence-electron chi connectivity index (χ2n) is 6.81. The first kappa shape index (κ1) is 16.2. The second kappa shape index (κ2) is 6.57. The number of hydrogen-bond acceptors (Lipinski definition) is 6. The third-order valence-corrected chi connectivity index (χ3v) is 7.37. The van der Waals surface area contributed by atoms with Crippen LogP contribution in [-0.2, 0) is 14.8 Å². The molecular formula is C16H24N4O3S. The van der Waals surface area contributed by atoms with E-state index < -0.39 is 10.0 Å². The van der Waals surface area contributed by atoms with Crippen molar-refractivity contribution in [3.05, 3.63) is 18.1 Å². The molecule has 2 aliphatic heterocycles. The highest BCUT2D eigenvalue weighted by Crippen LogP contribution is 2.38. The van der Waals surface area contributed by atoms with Gasteiger partial charge in [-0.05, 0) is 31.7 Å². The van der Waals surface area contributed by atoms with Gasteiger partial charge in [-0.25, -0.2) is 18.4 Å². The molecule has 1 saturated carbocycles. The second-order valence-corrected chi connectivity index (χ2v) is 9.03. The first-order chi connectivity index (χ1) is 11.6. The van der Waals surface area contributed by atoms with Gasteiger partial charge in [0.05, 0.1) is 18.5 Å². The van der Waals surface area contributed by atoms with Crippen LogP contribution in [0.4, 0.5) is 5.82 Å². The Kier molecular flexibility index (Phi) is 4.44. The zero-order valence-electron chi connectivity index (χ0n) is 13.8. The number of sulfonamides is 1. The molecule has 2 saturated heterocycles. The fourth-order valence-electron chi connectivity index (χ4n) is 3.48. The maximum Gasteiger partial charge on any atom is 0.218 e. The third kappa shape index (κ3) is 3.27. The average molecular weight is 352 g/mol. The molecule has 7 nitrogen and oxygen atoms in total. The summed E-state index contributed by atoms with van der Waals surface area (Å²) in [6, 6.07) is 1.90. The third-order valence-electron chi connectivity index (χ3n) is 5.06. The topological polar surface area (TPSA) is 75.6 Å². The van der Waals surface area contributed by atoms with Crippen molar-refractivity contribution in [3.63, 3.8) is 0 Å². The number of rotatable bonds is 4. The van der Waals surface area contributed by atoms with Crippen molar-refractivity contribution in [3.8, 4) is 0 Å². The van der Waals surface area contributed by atoms with Crippen molar-refractivity contribution in [2.75, 3.05) is 44.3 Å². The predicted octanol–water partition coefficient (Wildman–Crippen LogP) is 0.985. The van der Waals surface area contributed by atoms with E-state index in [2.05, 4.69) is 14.9 Å². The van der Waals surface area contributed by atoms with Gasteiger partial charge >= 0.3 is 0 Å². The molecule has 1 aromatic rings. The predicted molar refractivity (Wildman–Crippen MR) is 90.6 cm³/mol. The van der Waals surface area contributed by atoms with Crippen molar-refractivity contribution < 1.29 is 13.2 Å². The molecule has 0 bridgehead atoms. The summed E-state index contributed by atoms with van der Waals surface area (Å²) in [5.74, 6) is 2.28. The summed E-state index contributed by atoms with van der Waals surface area (Å²) in [5, 5.41) is -0.358. The summed E-state index contributed by atoms with van der Waals surface area (Å²) in [6.07, 6.45) is 5.72. The molecule has 1 aromatic heterocycles. The molecule has 24 heavy (non-hydrogen) atoms. The number of anilines is 1. The Hall–Kier alpha value is -1.25. The summed E-state index contributed by atoms with van der Waals surface area (Å²) in [5.41, 5.74) is 0.